The van der Waals surface area contributed by atoms with Crippen LogP contribution in [0.4, 0.5) is 14.5 Å². The van der Waals surface area contributed by atoms with Gasteiger partial charge in [0.25, 0.3) is 5.91 Å². The van der Waals surface area contributed by atoms with Crippen LogP contribution in [0.15, 0.2) is 42.5 Å². The molecule has 0 fully saturated rings. The number of sulfonamides is 1. The predicted molar refractivity (Wildman–Crippen MR) is 112 cm³/mol. The van der Waals surface area contributed by atoms with E-state index in [-0.39, 0.29) is 23.1 Å². The zero-order valence-electron chi connectivity index (χ0n) is 16.7. The number of aromatic nitrogens is 1. The number of aryl methyl sites for hydroxylation is 1. The Kier molecular flexibility index (Phi) is 5.18. The maximum absolute atomic E-state index is 14.2. The second-order valence-electron chi connectivity index (χ2n) is 7.23. The van der Waals surface area contributed by atoms with E-state index in [1.807, 2.05) is 4.57 Å². The van der Waals surface area contributed by atoms with Gasteiger partial charge in [0, 0.05) is 30.4 Å². The van der Waals surface area contributed by atoms with Crippen LogP contribution >= 0.6 is 0 Å². The number of hydrogen-bond acceptors (Lipinski definition) is 4. The summed E-state index contributed by atoms with van der Waals surface area (Å²) in [5.74, 6) is -1.80. The topological polar surface area (TPSA) is 89.4 Å². The molecule has 3 aromatic rings. The lowest BCUT2D eigenvalue weighted by Gasteiger charge is -2.21. The summed E-state index contributed by atoms with van der Waals surface area (Å²) >= 11 is 0. The number of amides is 1. The smallest absolute Gasteiger partial charge is 0.268 e. The number of anilines is 1. The highest BCUT2D eigenvalue weighted by Gasteiger charge is 2.25. The molecular formula is C21H19F2N3O4S. The molecule has 0 spiro atoms. The lowest BCUT2D eigenvalue weighted by Crippen LogP contribution is -2.35. The summed E-state index contributed by atoms with van der Waals surface area (Å²) in [6, 6.07) is 9.25. The van der Waals surface area contributed by atoms with Crippen LogP contribution in [0.25, 0.3) is 11.3 Å². The molecule has 2 heterocycles. The Morgan fingerprint density at radius 2 is 1.84 bits per heavy atom. The molecule has 1 aliphatic rings. The van der Waals surface area contributed by atoms with Crippen molar-refractivity contribution in [1.82, 2.24) is 9.88 Å². The molecule has 7 nitrogen and oxygen atoms in total. The molecule has 2 N–H and O–H groups in total. The molecule has 0 radical (unpaired) electrons. The zero-order chi connectivity index (χ0) is 22.3. The molecule has 0 bridgehead atoms. The van der Waals surface area contributed by atoms with Crippen molar-refractivity contribution in [2.24, 2.45) is 0 Å². The van der Waals surface area contributed by atoms with E-state index >= 15 is 0 Å². The summed E-state index contributed by atoms with van der Waals surface area (Å²) < 4.78 is 60.8. The number of halogens is 2. The van der Waals surface area contributed by atoms with Crippen LogP contribution < -0.4 is 14.8 Å². The highest BCUT2D eigenvalue weighted by molar-refractivity contribution is 7.92. The molecular weight excluding hydrogens is 428 g/mol. The van der Waals surface area contributed by atoms with Crippen molar-refractivity contribution < 1.29 is 26.7 Å². The van der Waals surface area contributed by atoms with Gasteiger partial charge in [-0.05, 0) is 48.9 Å². The Balaban J connectivity index is 1.87. The molecule has 4 rings (SSSR count). The van der Waals surface area contributed by atoms with Crippen molar-refractivity contribution >= 4 is 21.6 Å². The SMILES string of the molecule is Cc1cc(-c2cc(NS(C)(=O)=O)ccc2Oc2ccc(F)cc2F)n2c1C(=O)NCC2. The van der Waals surface area contributed by atoms with Gasteiger partial charge in [-0.1, -0.05) is 0 Å². The molecule has 2 aromatic carbocycles. The number of fused-ring (bicyclic) bond motifs is 1. The van der Waals surface area contributed by atoms with Gasteiger partial charge < -0.3 is 14.6 Å². The van der Waals surface area contributed by atoms with Crippen LogP contribution in [0, 0.1) is 18.6 Å². The molecule has 0 aliphatic carbocycles. The van der Waals surface area contributed by atoms with E-state index in [1.54, 1.807) is 19.1 Å². The van der Waals surface area contributed by atoms with Gasteiger partial charge in [0.05, 0.1) is 11.9 Å². The molecule has 0 unspecified atom stereocenters. The maximum Gasteiger partial charge on any atom is 0.268 e. The summed E-state index contributed by atoms with van der Waals surface area (Å²) in [5.41, 5.74) is 2.55. The molecule has 0 saturated carbocycles. The molecule has 1 aliphatic heterocycles. The van der Waals surface area contributed by atoms with Gasteiger partial charge >= 0.3 is 0 Å². The fraction of sp³-hybridized carbons (Fsp3) is 0.190. The number of rotatable bonds is 5. The average Bonchev–Trinajstić information content (AvgIpc) is 3.01. The Hall–Kier alpha value is -3.40. The highest BCUT2D eigenvalue weighted by atomic mass is 32.2. The van der Waals surface area contributed by atoms with Gasteiger partial charge in [0.2, 0.25) is 10.0 Å². The number of nitrogens with zero attached hydrogens (tertiary/aromatic N) is 1. The summed E-state index contributed by atoms with van der Waals surface area (Å²) in [6.07, 6.45) is 1.03. The molecule has 1 aromatic heterocycles. The van der Waals surface area contributed by atoms with Gasteiger partial charge in [-0.3, -0.25) is 9.52 Å². The highest BCUT2D eigenvalue weighted by Crippen LogP contribution is 2.39. The second kappa shape index (κ2) is 7.69. The van der Waals surface area contributed by atoms with Crippen molar-refractivity contribution in [3.8, 4) is 22.8 Å². The van der Waals surface area contributed by atoms with E-state index in [0.717, 1.165) is 17.9 Å². The van der Waals surface area contributed by atoms with Crippen molar-refractivity contribution in [2.75, 3.05) is 17.5 Å². The third kappa shape index (κ3) is 4.24. The number of nitrogens with one attached hydrogen (secondary N) is 2. The van der Waals surface area contributed by atoms with Crippen molar-refractivity contribution in [3.63, 3.8) is 0 Å². The first-order valence-corrected chi connectivity index (χ1v) is 11.2. The summed E-state index contributed by atoms with van der Waals surface area (Å²) in [7, 11) is -3.54. The van der Waals surface area contributed by atoms with Gasteiger partial charge in [-0.25, -0.2) is 17.2 Å². The van der Waals surface area contributed by atoms with Gasteiger partial charge in [0.15, 0.2) is 11.6 Å². The second-order valence-corrected chi connectivity index (χ2v) is 8.98. The van der Waals surface area contributed by atoms with Gasteiger partial charge in [-0.2, -0.15) is 0 Å². The maximum atomic E-state index is 14.2. The Labute approximate surface area is 177 Å². The third-order valence-electron chi connectivity index (χ3n) is 4.80. The first-order chi connectivity index (χ1) is 14.6. The summed E-state index contributed by atoms with van der Waals surface area (Å²) in [4.78, 5) is 12.3. The average molecular weight is 447 g/mol. The van der Waals surface area contributed by atoms with Crippen molar-refractivity contribution in [2.45, 2.75) is 13.5 Å². The minimum atomic E-state index is -3.54. The minimum Gasteiger partial charge on any atom is -0.454 e. The van der Waals surface area contributed by atoms with Crippen LogP contribution in [-0.2, 0) is 16.6 Å². The monoisotopic (exact) mass is 447 g/mol. The molecule has 1 amide bonds. The van der Waals surface area contributed by atoms with E-state index in [9.17, 15) is 22.0 Å². The van der Waals surface area contributed by atoms with Crippen LogP contribution in [0.5, 0.6) is 11.5 Å². The van der Waals surface area contributed by atoms with Crippen molar-refractivity contribution in [3.05, 3.63) is 65.4 Å². The van der Waals surface area contributed by atoms with E-state index in [2.05, 4.69) is 10.0 Å². The van der Waals surface area contributed by atoms with E-state index in [4.69, 9.17) is 4.74 Å². The Bertz CT molecular complexity index is 1300. The standard InChI is InChI=1S/C21H19F2N3O4S/c1-12-9-17(26-8-7-24-21(27)20(12)26)15-11-14(25-31(2,28)29)4-6-18(15)30-19-5-3-13(22)10-16(19)23/h3-6,9-11,25H,7-8H2,1-2H3,(H,24,27). The predicted octanol–water partition coefficient (Wildman–Crippen LogP) is 3.65. The lowest BCUT2D eigenvalue weighted by molar-refractivity contribution is 0.0927. The lowest BCUT2D eigenvalue weighted by atomic mass is 10.1. The zero-order valence-corrected chi connectivity index (χ0v) is 17.5. The Morgan fingerprint density at radius 1 is 1.10 bits per heavy atom. The number of carbonyl (C=O) groups is 1. The van der Waals surface area contributed by atoms with Crippen LogP contribution in [0.2, 0.25) is 0 Å². The molecule has 0 atom stereocenters. The minimum absolute atomic E-state index is 0.189. The quantitative estimate of drug-likeness (QED) is 0.625. The summed E-state index contributed by atoms with van der Waals surface area (Å²) in [6.45, 7) is 2.72. The third-order valence-corrected chi connectivity index (χ3v) is 5.40. The molecule has 162 valence electrons. The first kappa shape index (κ1) is 20.9. The first-order valence-electron chi connectivity index (χ1n) is 9.36. The number of ether oxygens (including phenoxy) is 1. The molecule has 10 heteroatoms. The summed E-state index contributed by atoms with van der Waals surface area (Å²) in [5, 5.41) is 2.79. The number of hydrogen-bond donors (Lipinski definition) is 2. The largest absolute Gasteiger partial charge is 0.454 e. The Morgan fingerprint density at radius 3 is 2.55 bits per heavy atom. The normalized spacial score (nSPS) is 13.5. The number of benzene rings is 2. The van der Waals surface area contributed by atoms with E-state index in [1.165, 1.54) is 18.2 Å². The van der Waals surface area contributed by atoms with Gasteiger partial charge in [0.1, 0.15) is 17.3 Å². The number of carbonyl (C=O) groups excluding carboxylic acids is 1. The van der Waals surface area contributed by atoms with E-state index < -0.39 is 21.7 Å². The fourth-order valence-corrected chi connectivity index (χ4v) is 4.13. The fourth-order valence-electron chi connectivity index (χ4n) is 3.58. The molecule has 0 saturated heterocycles. The molecule has 31 heavy (non-hydrogen) atoms. The van der Waals surface area contributed by atoms with E-state index in [0.29, 0.717) is 36.1 Å². The van der Waals surface area contributed by atoms with Crippen LogP contribution in [0.1, 0.15) is 16.1 Å². The van der Waals surface area contributed by atoms with Crippen molar-refractivity contribution in [1.29, 1.82) is 0 Å². The van der Waals surface area contributed by atoms with Crippen LogP contribution in [0.3, 0.4) is 0 Å². The van der Waals surface area contributed by atoms with Crippen LogP contribution in [-0.4, -0.2) is 31.7 Å². The van der Waals surface area contributed by atoms with Gasteiger partial charge in [-0.15, -0.1) is 0 Å².